The van der Waals surface area contributed by atoms with Crippen LogP contribution in [0, 0.1) is 5.92 Å². The average Bonchev–Trinajstić information content (AvgIpc) is 2.98. The van der Waals surface area contributed by atoms with E-state index in [1.165, 1.54) is 0 Å². The number of aromatic nitrogens is 4. The van der Waals surface area contributed by atoms with Crippen LogP contribution in [0.4, 0.5) is 0 Å². The maximum Gasteiger partial charge on any atom is 0.303 e. The number of hydrogen-bond acceptors (Lipinski definition) is 5. The Balaban J connectivity index is 1.96. The molecular weight excluding hydrogens is 250 g/mol. The summed E-state index contributed by atoms with van der Waals surface area (Å²) in [6, 6.07) is -0.136. The second-order valence-corrected chi connectivity index (χ2v) is 4.92. The fourth-order valence-electron chi connectivity index (χ4n) is 2.43. The van der Waals surface area contributed by atoms with E-state index in [-0.39, 0.29) is 30.7 Å². The van der Waals surface area contributed by atoms with Gasteiger partial charge in [0.1, 0.15) is 0 Å². The van der Waals surface area contributed by atoms with Crippen LogP contribution < -0.4 is 0 Å². The normalized spacial score (nSPS) is 20.5. The van der Waals surface area contributed by atoms with Crippen LogP contribution >= 0.6 is 0 Å². The standard InChI is InChI=1S/C11H17N5O3/c1-7(6-10(18)19)5-9(17)16-4-2-3-8(16)11-12-14-15-13-11/h7-8H,2-6H2,1H3,(H,18,19)(H,12,13,14,15). The number of aliphatic carboxylic acids is 1. The van der Waals surface area contributed by atoms with Crippen LogP contribution in [0.15, 0.2) is 0 Å². The van der Waals surface area contributed by atoms with Crippen molar-refractivity contribution in [3.8, 4) is 0 Å². The van der Waals surface area contributed by atoms with Crippen LogP contribution in [-0.4, -0.2) is 49.1 Å². The van der Waals surface area contributed by atoms with Crippen molar-refractivity contribution in [3.63, 3.8) is 0 Å². The summed E-state index contributed by atoms with van der Waals surface area (Å²) in [5, 5.41) is 22.4. The first-order chi connectivity index (χ1) is 9.08. The molecule has 0 aromatic carbocycles. The zero-order chi connectivity index (χ0) is 13.8. The first kappa shape index (κ1) is 13.4. The van der Waals surface area contributed by atoms with Gasteiger partial charge in [-0.05, 0) is 18.8 Å². The van der Waals surface area contributed by atoms with Crippen LogP contribution in [-0.2, 0) is 9.59 Å². The van der Waals surface area contributed by atoms with Gasteiger partial charge in [-0.1, -0.05) is 12.1 Å². The van der Waals surface area contributed by atoms with Gasteiger partial charge in [0.25, 0.3) is 0 Å². The van der Waals surface area contributed by atoms with Crippen LogP contribution in [0.5, 0.6) is 0 Å². The largest absolute Gasteiger partial charge is 0.481 e. The lowest BCUT2D eigenvalue weighted by Crippen LogP contribution is -2.32. The molecule has 8 nitrogen and oxygen atoms in total. The van der Waals surface area contributed by atoms with Gasteiger partial charge in [0, 0.05) is 19.4 Å². The third kappa shape index (κ3) is 3.27. The molecule has 2 rings (SSSR count). The highest BCUT2D eigenvalue weighted by molar-refractivity contribution is 5.78. The lowest BCUT2D eigenvalue weighted by molar-refractivity contribution is -0.138. The van der Waals surface area contributed by atoms with Gasteiger partial charge in [0.15, 0.2) is 5.82 Å². The van der Waals surface area contributed by atoms with Crippen molar-refractivity contribution in [1.29, 1.82) is 0 Å². The lowest BCUT2D eigenvalue weighted by Gasteiger charge is -2.23. The molecule has 2 atom stereocenters. The van der Waals surface area contributed by atoms with Gasteiger partial charge in [0.05, 0.1) is 6.04 Å². The van der Waals surface area contributed by atoms with Crippen molar-refractivity contribution in [2.24, 2.45) is 5.92 Å². The van der Waals surface area contributed by atoms with Crippen LogP contribution in [0.25, 0.3) is 0 Å². The van der Waals surface area contributed by atoms with Gasteiger partial charge in [-0.2, -0.15) is 5.21 Å². The van der Waals surface area contributed by atoms with E-state index < -0.39 is 5.97 Å². The minimum absolute atomic E-state index is 0.00641. The predicted molar refractivity (Wildman–Crippen MR) is 63.9 cm³/mol. The van der Waals surface area contributed by atoms with Crippen LogP contribution in [0.3, 0.4) is 0 Å². The second-order valence-electron chi connectivity index (χ2n) is 4.92. The Morgan fingerprint density at radius 2 is 2.32 bits per heavy atom. The van der Waals surface area contributed by atoms with Crippen LogP contribution in [0.1, 0.15) is 44.5 Å². The lowest BCUT2D eigenvalue weighted by atomic mass is 10.0. The molecular formula is C11H17N5O3. The first-order valence-corrected chi connectivity index (χ1v) is 6.32. The Morgan fingerprint density at radius 3 is 2.95 bits per heavy atom. The number of hydrogen-bond donors (Lipinski definition) is 2. The summed E-state index contributed by atoms with van der Waals surface area (Å²) in [6.07, 6.45) is 1.96. The molecule has 1 aliphatic heterocycles. The summed E-state index contributed by atoms with van der Waals surface area (Å²) in [5.41, 5.74) is 0. The average molecular weight is 267 g/mol. The highest BCUT2D eigenvalue weighted by Crippen LogP contribution is 2.30. The topological polar surface area (TPSA) is 112 Å². The highest BCUT2D eigenvalue weighted by Gasteiger charge is 2.33. The number of likely N-dealkylation sites (tertiary alicyclic amines) is 1. The summed E-state index contributed by atoms with van der Waals surface area (Å²) in [5.74, 6) is -0.564. The van der Waals surface area contributed by atoms with Gasteiger partial charge in [-0.3, -0.25) is 9.59 Å². The molecule has 2 N–H and O–H groups in total. The maximum absolute atomic E-state index is 12.2. The number of carboxylic acids is 1. The van der Waals surface area contributed by atoms with E-state index in [4.69, 9.17) is 5.11 Å². The molecule has 2 unspecified atom stereocenters. The van der Waals surface area contributed by atoms with Crippen molar-refractivity contribution in [2.75, 3.05) is 6.54 Å². The smallest absolute Gasteiger partial charge is 0.303 e. The van der Waals surface area contributed by atoms with E-state index in [2.05, 4.69) is 20.6 Å². The summed E-state index contributed by atoms with van der Waals surface area (Å²) in [4.78, 5) is 24.5. The summed E-state index contributed by atoms with van der Waals surface area (Å²) in [6.45, 7) is 2.43. The molecule has 19 heavy (non-hydrogen) atoms. The van der Waals surface area contributed by atoms with E-state index in [9.17, 15) is 9.59 Å². The minimum Gasteiger partial charge on any atom is -0.481 e. The number of H-pyrrole nitrogens is 1. The Bertz CT molecular complexity index is 447. The minimum atomic E-state index is -0.878. The third-order valence-electron chi connectivity index (χ3n) is 3.28. The molecule has 1 aromatic heterocycles. The molecule has 0 spiro atoms. The number of rotatable bonds is 5. The molecule has 2 heterocycles. The van der Waals surface area contributed by atoms with E-state index in [0.717, 1.165) is 12.8 Å². The van der Waals surface area contributed by atoms with Crippen LogP contribution in [0.2, 0.25) is 0 Å². The number of carboxylic acid groups (broad SMARTS) is 1. The van der Waals surface area contributed by atoms with Crippen molar-refractivity contribution in [3.05, 3.63) is 5.82 Å². The Morgan fingerprint density at radius 1 is 1.53 bits per heavy atom. The maximum atomic E-state index is 12.2. The van der Waals surface area contributed by atoms with E-state index in [1.807, 2.05) is 0 Å². The molecule has 0 aliphatic carbocycles. The number of carbonyl (C=O) groups excluding carboxylic acids is 1. The van der Waals surface area contributed by atoms with E-state index >= 15 is 0 Å². The van der Waals surface area contributed by atoms with Crippen molar-refractivity contribution in [2.45, 2.75) is 38.6 Å². The summed E-state index contributed by atoms with van der Waals surface area (Å²) >= 11 is 0. The molecule has 0 saturated carbocycles. The zero-order valence-electron chi connectivity index (χ0n) is 10.7. The van der Waals surface area contributed by atoms with Crippen molar-refractivity contribution < 1.29 is 14.7 Å². The third-order valence-corrected chi connectivity index (χ3v) is 3.28. The Labute approximate surface area is 110 Å². The van der Waals surface area contributed by atoms with Gasteiger partial charge in [-0.15, -0.1) is 10.2 Å². The molecule has 1 aliphatic rings. The van der Waals surface area contributed by atoms with Gasteiger partial charge >= 0.3 is 5.97 Å². The molecule has 8 heteroatoms. The molecule has 104 valence electrons. The quantitative estimate of drug-likeness (QED) is 0.796. The molecule has 0 bridgehead atoms. The Hall–Kier alpha value is -1.99. The monoisotopic (exact) mass is 267 g/mol. The number of aromatic amines is 1. The highest BCUT2D eigenvalue weighted by atomic mass is 16.4. The van der Waals surface area contributed by atoms with Crippen molar-refractivity contribution in [1.82, 2.24) is 25.5 Å². The number of carbonyl (C=O) groups is 2. The first-order valence-electron chi connectivity index (χ1n) is 6.32. The predicted octanol–water partition coefficient (Wildman–Crippen LogP) is 0.364. The van der Waals surface area contributed by atoms with Gasteiger partial charge in [-0.25, -0.2) is 0 Å². The number of amides is 1. The van der Waals surface area contributed by atoms with E-state index in [1.54, 1.807) is 11.8 Å². The SMILES string of the molecule is CC(CC(=O)O)CC(=O)N1CCCC1c1nn[nH]n1. The summed E-state index contributed by atoms with van der Waals surface area (Å²) in [7, 11) is 0. The second kappa shape index (κ2) is 5.77. The number of nitrogens with zero attached hydrogens (tertiary/aromatic N) is 4. The number of tetrazole rings is 1. The van der Waals surface area contributed by atoms with E-state index in [0.29, 0.717) is 12.4 Å². The van der Waals surface area contributed by atoms with Gasteiger partial charge < -0.3 is 10.0 Å². The number of nitrogens with one attached hydrogen (secondary N) is 1. The fourth-order valence-corrected chi connectivity index (χ4v) is 2.43. The summed E-state index contributed by atoms with van der Waals surface area (Å²) < 4.78 is 0. The zero-order valence-corrected chi connectivity index (χ0v) is 10.7. The molecule has 0 radical (unpaired) electrons. The molecule has 1 amide bonds. The Kier molecular flexibility index (Phi) is 4.08. The fraction of sp³-hybridized carbons (Fsp3) is 0.727. The van der Waals surface area contributed by atoms with Gasteiger partial charge in [0.2, 0.25) is 5.91 Å². The van der Waals surface area contributed by atoms with Crippen molar-refractivity contribution >= 4 is 11.9 Å². The molecule has 1 saturated heterocycles. The molecule has 1 fully saturated rings. The molecule has 1 aromatic rings.